The fourth-order valence-electron chi connectivity index (χ4n) is 2.42. The van der Waals surface area contributed by atoms with Crippen LogP contribution in [0.2, 0.25) is 0 Å². The molecule has 7 heteroatoms. The Morgan fingerprint density at radius 1 is 1.07 bits per heavy atom. The summed E-state index contributed by atoms with van der Waals surface area (Å²) in [6, 6.07) is 11.6. The van der Waals surface area contributed by atoms with Crippen LogP contribution in [-0.4, -0.2) is 26.3 Å². The first-order valence-electron chi connectivity index (χ1n) is 8.27. The van der Waals surface area contributed by atoms with E-state index in [1.54, 1.807) is 43.3 Å². The van der Waals surface area contributed by atoms with Gasteiger partial charge in [-0.05, 0) is 31.2 Å². The fourth-order valence-corrected chi connectivity index (χ4v) is 2.42. The first-order chi connectivity index (χ1) is 13.1. The van der Waals surface area contributed by atoms with Crippen LogP contribution in [0.15, 0.2) is 57.9 Å². The number of esters is 1. The van der Waals surface area contributed by atoms with E-state index in [4.69, 9.17) is 23.4 Å². The minimum atomic E-state index is -0.473. The van der Waals surface area contributed by atoms with Crippen LogP contribution in [-0.2, 0) is 9.53 Å². The highest BCUT2D eigenvalue weighted by molar-refractivity contribution is 5.79. The van der Waals surface area contributed by atoms with E-state index in [2.05, 4.69) is 0 Å². The standard InChI is InChI=1S/C20H18O7/c1-3-24-19(21)12-25-13-8-9-14-17(10-13)26-11-18(20(14)22)27-16-7-5-4-6-15(16)23-2/h4-11H,3,12H2,1-2H3. The van der Waals surface area contributed by atoms with Gasteiger partial charge in [-0.15, -0.1) is 0 Å². The molecule has 140 valence electrons. The van der Waals surface area contributed by atoms with E-state index in [1.165, 1.54) is 19.4 Å². The van der Waals surface area contributed by atoms with Gasteiger partial charge >= 0.3 is 5.97 Å². The van der Waals surface area contributed by atoms with Gasteiger partial charge in [0, 0.05) is 6.07 Å². The highest BCUT2D eigenvalue weighted by Gasteiger charge is 2.13. The van der Waals surface area contributed by atoms with Gasteiger partial charge in [-0.3, -0.25) is 4.79 Å². The van der Waals surface area contributed by atoms with E-state index in [0.29, 0.717) is 28.2 Å². The van der Waals surface area contributed by atoms with Gasteiger partial charge < -0.3 is 23.4 Å². The van der Waals surface area contributed by atoms with E-state index < -0.39 is 5.97 Å². The number of ether oxygens (including phenoxy) is 4. The lowest BCUT2D eigenvalue weighted by Gasteiger charge is -2.10. The Balaban J connectivity index is 1.84. The van der Waals surface area contributed by atoms with Crippen molar-refractivity contribution in [2.75, 3.05) is 20.3 Å². The minimum absolute atomic E-state index is 0.0344. The Labute approximate surface area is 155 Å². The molecule has 1 aromatic heterocycles. The summed E-state index contributed by atoms with van der Waals surface area (Å²) in [5, 5.41) is 0.325. The van der Waals surface area contributed by atoms with Gasteiger partial charge in [-0.1, -0.05) is 12.1 Å². The lowest BCUT2D eigenvalue weighted by atomic mass is 10.2. The fraction of sp³-hybridized carbons (Fsp3) is 0.200. The summed E-state index contributed by atoms with van der Waals surface area (Å²) in [6.07, 6.45) is 1.23. The molecule has 0 bridgehead atoms. The summed E-state index contributed by atoms with van der Waals surface area (Å²) in [7, 11) is 1.52. The van der Waals surface area contributed by atoms with Crippen molar-refractivity contribution in [1.82, 2.24) is 0 Å². The zero-order valence-corrected chi connectivity index (χ0v) is 14.9. The number of benzene rings is 2. The molecule has 0 N–H and O–H groups in total. The maximum atomic E-state index is 12.7. The summed E-state index contributed by atoms with van der Waals surface area (Å²) >= 11 is 0. The lowest BCUT2D eigenvalue weighted by Crippen LogP contribution is -2.14. The van der Waals surface area contributed by atoms with E-state index in [-0.39, 0.29) is 24.4 Å². The van der Waals surface area contributed by atoms with Crippen LogP contribution in [0.1, 0.15) is 6.92 Å². The van der Waals surface area contributed by atoms with Gasteiger partial charge in [0.2, 0.25) is 11.2 Å². The normalized spacial score (nSPS) is 10.4. The number of hydrogen-bond acceptors (Lipinski definition) is 7. The van der Waals surface area contributed by atoms with Gasteiger partial charge in [0.15, 0.2) is 18.1 Å². The van der Waals surface area contributed by atoms with Gasteiger partial charge in [-0.25, -0.2) is 4.79 Å². The SMILES string of the molecule is CCOC(=O)COc1ccc2c(=O)c(Oc3ccccc3OC)coc2c1. The second-order valence-corrected chi connectivity index (χ2v) is 5.43. The molecule has 0 radical (unpaired) electrons. The molecule has 0 atom stereocenters. The molecule has 3 aromatic rings. The van der Waals surface area contributed by atoms with E-state index in [1.807, 2.05) is 0 Å². The number of fused-ring (bicyclic) bond motifs is 1. The number of hydrogen-bond donors (Lipinski definition) is 0. The van der Waals surface area contributed by atoms with Gasteiger partial charge in [0.05, 0.1) is 19.1 Å². The third-order valence-corrected chi connectivity index (χ3v) is 3.67. The lowest BCUT2D eigenvalue weighted by molar-refractivity contribution is -0.145. The zero-order valence-electron chi connectivity index (χ0n) is 14.9. The first-order valence-corrected chi connectivity index (χ1v) is 8.27. The van der Waals surface area contributed by atoms with Crippen molar-refractivity contribution >= 4 is 16.9 Å². The Hall–Kier alpha value is -3.48. The Morgan fingerprint density at radius 2 is 1.85 bits per heavy atom. The van der Waals surface area contributed by atoms with Crippen LogP contribution in [0.5, 0.6) is 23.0 Å². The topological polar surface area (TPSA) is 84.2 Å². The maximum Gasteiger partial charge on any atom is 0.344 e. The average Bonchev–Trinajstić information content (AvgIpc) is 2.69. The predicted octanol–water partition coefficient (Wildman–Crippen LogP) is 3.54. The van der Waals surface area contributed by atoms with Crippen LogP contribution in [0.4, 0.5) is 0 Å². The van der Waals surface area contributed by atoms with Gasteiger partial charge in [0.25, 0.3) is 0 Å². The van der Waals surface area contributed by atoms with Crippen molar-refractivity contribution < 1.29 is 28.2 Å². The van der Waals surface area contributed by atoms with Crippen molar-refractivity contribution in [3.8, 4) is 23.0 Å². The Kier molecular flexibility index (Phi) is 5.61. The number of para-hydroxylation sites is 2. The van der Waals surface area contributed by atoms with Crippen molar-refractivity contribution in [3.05, 3.63) is 59.0 Å². The summed E-state index contributed by atoms with van der Waals surface area (Å²) in [4.78, 5) is 24.0. The molecule has 0 aliphatic rings. The third kappa shape index (κ3) is 4.20. The van der Waals surface area contributed by atoms with Crippen LogP contribution in [0.3, 0.4) is 0 Å². The molecule has 0 saturated heterocycles. The van der Waals surface area contributed by atoms with E-state index in [9.17, 15) is 9.59 Å². The summed E-state index contributed by atoms with van der Waals surface area (Å²) in [5.41, 5.74) is -0.0205. The molecule has 3 rings (SSSR count). The number of rotatable bonds is 7. The molecule has 7 nitrogen and oxygen atoms in total. The molecule has 0 aliphatic heterocycles. The summed E-state index contributed by atoms with van der Waals surface area (Å²) < 4.78 is 26.5. The van der Waals surface area contributed by atoms with Crippen molar-refractivity contribution in [2.45, 2.75) is 6.92 Å². The van der Waals surface area contributed by atoms with Gasteiger partial charge in [0.1, 0.15) is 17.6 Å². The molecule has 0 unspecified atom stereocenters. The molecular formula is C20H18O7. The molecule has 0 amide bonds. The van der Waals surface area contributed by atoms with Crippen LogP contribution < -0.4 is 19.6 Å². The third-order valence-electron chi connectivity index (χ3n) is 3.67. The van der Waals surface area contributed by atoms with Crippen LogP contribution in [0, 0.1) is 0 Å². The van der Waals surface area contributed by atoms with Crippen LogP contribution in [0.25, 0.3) is 11.0 Å². The van der Waals surface area contributed by atoms with Crippen molar-refractivity contribution in [3.63, 3.8) is 0 Å². The molecule has 0 aliphatic carbocycles. The highest BCUT2D eigenvalue weighted by atomic mass is 16.6. The molecule has 1 heterocycles. The number of carbonyl (C=O) groups is 1. The molecule has 0 spiro atoms. The van der Waals surface area contributed by atoms with Gasteiger partial charge in [-0.2, -0.15) is 0 Å². The second kappa shape index (κ2) is 8.27. The molecule has 2 aromatic carbocycles. The molecule has 0 fully saturated rings. The zero-order chi connectivity index (χ0) is 19.2. The first kappa shape index (κ1) is 18.3. The van der Waals surface area contributed by atoms with E-state index >= 15 is 0 Å². The quantitative estimate of drug-likeness (QED) is 0.588. The Bertz CT molecular complexity index is 1010. The second-order valence-electron chi connectivity index (χ2n) is 5.43. The average molecular weight is 370 g/mol. The number of carbonyl (C=O) groups excluding carboxylic acids is 1. The predicted molar refractivity (Wildman–Crippen MR) is 97.7 cm³/mol. The minimum Gasteiger partial charge on any atom is -0.493 e. The monoisotopic (exact) mass is 370 g/mol. The van der Waals surface area contributed by atoms with E-state index in [0.717, 1.165) is 0 Å². The largest absolute Gasteiger partial charge is 0.493 e. The summed E-state index contributed by atoms with van der Waals surface area (Å²) in [6.45, 7) is 1.77. The Morgan fingerprint density at radius 3 is 2.59 bits per heavy atom. The summed E-state index contributed by atoms with van der Waals surface area (Å²) in [5.74, 6) is 0.852. The highest BCUT2D eigenvalue weighted by Crippen LogP contribution is 2.30. The molecule has 27 heavy (non-hydrogen) atoms. The van der Waals surface area contributed by atoms with Crippen molar-refractivity contribution in [2.24, 2.45) is 0 Å². The molecular weight excluding hydrogens is 352 g/mol. The number of methoxy groups -OCH3 is 1. The maximum absolute atomic E-state index is 12.7. The van der Waals surface area contributed by atoms with Crippen LogP contribution >= 0.6 is 0 Å². The molecule has 0 saturated carbocycles. The smallest absolute Gasteiger partial charge is 0.344 e. The van der Waals surface area contributed by atoms with Crippen molar-refractivity contribution in [1.29, 1.82) is 0 Å².